The summed E-state index contributed by atoms with van der Waals surface area (Å²) in [4.78, 5) is 35.6. The zero-order valence-electron chi connectivity index (χ0n) is 14.3. The minimum atomic E-state index is -0.312. The van der Waals surface area contributed by atoms with Crippen molar-refractivity contribution in [2.24, 2.45) is 0 Å². The van der Waals surface area contributed by atoms with E-state index >= 15 is 0 Å². The van der Waals surface area contributed by atoms with Crippen LogP contribution in [0.2, 0.25) is 0 Å². The van der Waals surface area contributed by atoms with Gasteiger partial charge in [-0.3, -0.25) is 14.4 Å². The molecule has 1 fully saturated rings. The number of anilines is 1. The quantitative estimate of drug-likeness (QED) is 0.712. The molecule has 0 saturated heterocycles. The van der Waals surface area contributed by atoms with Crippen molar-refractivity contribution in [3.8, 4) is 0 Å². The summed E-state index contributed by atoms with van der Waals surface area (Å²) < 4.78 is 0. The molecule has 3 amide bonds. The number of hydrogen-bond donors (Lipinski definition) is 3. The van der Waals surface area contributed by atoms with Crippen molar-refractivity contribution in [2.75, 3.05) is 11.9 Å². The van der Waals surface area contributed by atoms with Crippen molar-refractivity contribution in [3.63, 3.8) is 0 Å². The Morgan fingerprint density at radius 1 is 0.885 bits per heavy atom. The molecule has 1 aliphatic rings. The molecule has 0 unspecified atom stereocenters. The fraction of sp³-hybridized carbons (Fsp3) is 0.250. The van der Waals surface area contributed by atoms with Crippen LogP contribution in [-0.2, 0) is 16.0 Å². The molecule has 0 atom stereocenters. The maximum Gasteiger partial charge on any atom is 0.251 e. The monoisotopic (exact) mass is 351 g/mol. The number of benzene rings is 2. The molecule has 0 aliphatic heterocycles. The SMILES string of the molecule is O=C(CNC(=O)c1ccccc1)Nc1ccc(CC(=O)NC2CC2)cc1. The second-order valence-corrected chi connectivity index (χ2v) is 6.31. The summed E-state index contributed by atoms with van der Waals surface area (Å²) in [5, 5.41) is 8.23. The van der Waals surface area contributed by atoms with E-state index in [0.29, 0.717) is 23.7 Å². The third kappa shape index (κ3) is 5.44. The van der Waals surface area contributed by atoms with Crippen molar-refractivity contribution < 1.29 is 14.4 Å². The van der Waals surface area contributed by atoms with Gasteiger partial charge in [0.1, 0.15) is 0 Å². The summed E-state index contributed by atoms with van der Waals surface area (Å²) in [7, 11) is 0. The fourth-order valence-electron chi connectivity index (χ4n) is 2.46. The summed E-state index contributed by atoms with van der Waals surface area (Å²) in [5.41, 5.74) is 2.02. The van der Waals surface area contributed by atoms with E-state index in [1.807, 2.05) is 18.2 Å². The highest BCUT2D eigenvalue weighted by molar-refractivity contribution is 5.99. The standard InChI is InChI=1S/C20H21N3O3/c24-18(22-17-10-11-17)12-14-6-8-16(9-7-14)23-19(25)13-21-20(26)15-4-2-1-3-5-15/h1-9,17H,10-13H2,(H,21,26)(H,22,24)(H,23,25). The minimum absolute atomic E-state index is 0.0212. The van der Waals surface area contributed by atoms with Gasteiger partial charge in [-0.1, -0.05) is 30.3 Å². The van der Waals surface area contributed by atoms with Gasteiger partial charge in [-0.2, -0.15) is 0 Å². The first kappa shape index (κ1) is 17.7. The average Bonchev–Trinajstić information content (AvgIpc) is 3.46. The summed E-state index contributed by atoms with van der Waals surface area (Å²) >= 11 is 0. The van der Waals surface area contributed by atoms with Crippen LogP contribution in [0.25, 0.3) is 0 Å². The van der Waals surface area contributed by atoms with Crippen LogP contribution >= 0.6 is 0 Å². The van der Waals surface area contributed by atoms with Crippen molar-refractivity contribution in [3.05, 3.63) is 65.7 Å². The molecule has 6 nitrogen and oxygen atoms in total. The lowest BCUT2D eigenvalue weighted by molar-refractivity contribution is -0.120. The second kappa shape index (κ2) is 8.29. The number of nitrogens with one attached hydrogen (secondary N) is 3. The predicted molar refractivity (Wildman–Crippen MR) is 98.7 cm³/mol. The molecule has 0 spiro atoms. The van der Waals surface area contributed by atoms with Gasteiger partial charge >= 0.3 is 0 Å². The molecule has 2 aromatic carbocycles. The van der Waals surface area contributed by atoms with Gasteiger partial charge in [0, 0.05) is 17.3 Å². The van der Waals surface area contributed by atoms with E-state index in [0.717, 1.165) is 18.4 Å². The van der Waals surface area contributed by atoms with Gasteiger partial charge in [-0.15, -0.1) is 0 Å². The average molecular weight is 351 g/mol. The zero-order valence-corrected chi connectivity index (χ0v) is 14.3. The minimum Gasteiger partial charge on any atom is -0.353 e. The third-order valence-electron chi connectivity index (χ3n) is 3.99. The molecule has 6 heteroatoms. The van der Waals surface area contributed by atoms with E-state index < -0.39 is 0 Å². The maximum atomic E-state index is 11.9. The summed E-state index contributed by atoms with van der Waals surface area (Å²) in [6, 6.07) is 16.2. The van der Waals surface area contributed by atoms with Gasteiger partial charge in [-0.25, -0.2) is 0 Å². The molecule has 3 rings (SSSR count). The number of rotatable bonds is 7. The van der Waals surface area contributed by atoms with Crippen molar-refractivity contribution in [2.45, 2.75) is 25.3 Å². The normalized spacial score (nSPS) is 12.9. The molecular weight excluding hydrogens is 330 g/mol. The number of hydrogen-bond acceptors (Lipinski definition) is 3. The Labute approximate surface area is 152 Å². The van der Waals surface area contributed by atoms with E-state index in [-0.39, 0.29) is 24.3 Å². The molecule has 1 aliphatic carbocycles. The molecule has 0 heterocycles. The topological polar surface area (TPSA) is 87.3 Å². The first-order valence-corrected chi connectivity index (χ1v) is 8.61. The van der Waals surface area contributed by atoms with Gasteiger partial charge in [0.05, 0.1) is 13.0 Å². The van der Waals surface area contributed by atoms with Crippen molar-refractivity contribution >= 4 is 23.4 Å². The van der Waals surface area contributed by atoms with Gasteiger partial charge in [0.2, 0.25) is 11.8 Å². The molecular formula is C20H21N3O3. The highest BCUT2D eigenvalue weighted by Crippen LogP contribution is 2.19. The Hall–Kier alpha value is -3.15. The Kier molecular flexibility index (Phi) is 5.63. The van der Waals surface area contributed by atoms with Gasteiger partial charge < -0.3 is 16.0 Å². The maximum absolute atomic E-state index is 11.9. The van der Waals surface area contributed by atoms with Crippen LogP contribution in [-0.4, -0.2) is 30.3 Å². The molecule has 0 aromatic heterocycles. The molecule has 1 saturated carbocycles. The second-order valence-electron chi connectivity index (χ2n) is 6.31. The number of amides is 3. The fourth-order valence-corrected chi connectivity index (χ4v) is 2.46. The Morgan fingerprint density at radius 3 is 2.23 bits per heavy atom. The largest absolute Gasteiger partial charge is 0.353 e. The van der Waals surface area contributed by atoms with Crippen molar-refractivity contribution in [1.82, 2.24) is 10.6 Å². The lowest BCUT2D eigenvalue weighted by atomic mass is 10.1. The lowest BCUT2D eigenvalue weighted by Gasteiger charge is -2.08. The summed E-state index contributed by atoms with van der Waals surface area (Å²) in [5.74, 6) is -0.584. The number of carbonyl (C=O) groups excluding carboxylic acids is 3. The van der Waals surface area contributed by atoms with E-state index in [1.165, 1.54) is 0 Å². The summed E-state index contributed by atoms with van der Waals surface area (Å²) in [6.45, 7) is -0.112. The van der Waals surface area contributed by atoms with E-state index in [9.17, 15) is 14.4 Å². The molecule has 0 bridgehead atoms. The van der Waals surface area contributed by atoms with Crippen molar-refractivity contribution in [1.29, 1.82) is 0 Å². The number of carbonyl (C=O) groups is 3. The van der Waals surface area contributed by atoms with Crippen LogP contribution < -0.4 is 16.0 Å². The van der Waals surface area contributed by atoms with Crippen LogP contribution in [0, 0.1) is 0 Å². The summed E-state index contributed by atoms with van der Waals surface area (Å²) in [6.07, 6.45) is 2.47. The molecule has 0 radical (unpaired) electrons. The molecule has 134 valence electrons. The van der Waals surface area contributed by atoms with E-state index in [1.54, 1.807) is 36.4 Å². The van der Waals surface area contributed by atoms with Crippen LogP contribution in [0.3, 0.4) is 0 Å². The van der Waals surface area contributed by atoms with Gasteiger partial charge in [0.25, 0.3) is 5.91 Å². The van der Waals surface area contributed by atoms with Crippen LogP contribution in [0.1, 0.15) is 28.8 Å². The molecule has 3 N–H and O–H groups in total. The smallest absolute Gasteiger partial charge is 0.251 e. The third-order valence-corrected chi connectivity index (χ3v) is 3.99. The van der Waals surface area contributed by atoms with Crippen LogP contribution in [0.15, 0.2) is 54.6 Å². The Balaban J connectivity index is 1.43. The van der Waals surface area contributed by atoms with E-state index in [4.69, 9.17) is 0 Å². The Bertz CT molecular complexity index is 784. The first-order valence-electron chi connectivity index (χ1n) is 8.61. The zero-order chi connectivity index (χ0) is 18.4. The van der Waals surface area contributed by atoms with Crippen LogP contribution in [0.4, 0.5) is 5.69 Å². The molecule has 26 heavy (non-hydrogen) atoms. The predicted octanol–water partition coefficient (Wildman–Crippen LogP) is 1.88. The van der Waals surface area contributed by atoms with Gasteiger partial charge in [0.15, 0.2) is 0 Å². The molecule has 2 aromatic rings. The van der Waals surface area contributed by atoms with E-state index in [2.05, 4.69) is 16.0 Å². The first-order chi connectivity index (χ1) is 12.6. The lowest BCUT2D eigenvalue weighted by Crippen LogP contribution is -2.32. The van der Waals surface area contributed by atoms with Gasteiger partial charge in [-0.05, 0) is 42.7 Å². The highest BCUT2D eigenvalue weighted by atomic mass is 16.2. The Morgan fingerprint density at radius 2 is 1.58 bits per heavy atom. The van der Waals surface area contributed by atoms with Crippen LogP contribution in [0.5, 0.6) is 0 Å². The highest BCUT2D eigenvalue weighted by Gasteiger charge is 2.23.